The molecule has 0 radical (unpaired) electrons. The van der Waals surface area contributed by atoms with E-state index in [0.717, 1.165) is 29.6 Å². The van der Waals surface area contributed by atoms with Crippen LogP contribution in [-0.2, 0) is 16.8 Å². The fourth-order valence-electron chi connectivity index (χ4n) is 2.92. The van der Waals surface area contributed by atoms with Crippen molar-refractivity contribution < 1.29 is 9.47 Å². The molecule has 2 aromatic rings. The molecule has 1 atom stereocenters. The fraction of sp³-hybridized carbons (Fsp3) is 0.455. The molecule has 0 aliphatic rings. The Kier molecular flexibility index (Phi) is 7.38. The Labute approximate surface area is 157 Å². The number of hydrogen-bond donors (Lipinski definition) is 0. The van der Waals surface area contributed by atoms with Gasteiger partial charge in [0.05, 0.1) is 0 Å². The van der Waals surface area contributed by atoms with Gasteiger partial charge >= 0.3 is 158 Å². The van der Waals surface area contributed by atoms with Crippen LogP contribution in [0.5, 0.6) is 5.75 Å². The number of ether oxygens (including phenoxy) is 2. The summed E-state index contributed by atoms with van der Waals surface area (Å²) in [6.45, 7) is 2.26. The molecule has 2 nitrogen and oxygen atoms in total. The van der Waals surface area contributed by atoms with Crippen molar-refractivity contribution in [2.75, 3.05) is 11.7 Å². The third-order valence-corrected chi connectivity index (χ3v) is 7.35. The summed E-state index contributed by atoms with van der Waals surface area (Å²) in [7, 11) is 1.72. The monoisotopic (exact) mass is 448 g/mol. The first kappa shape index (κ1) is 20.3. The molecular formula is C22H32O2Sn. The summed E-state index contributed by atoms with van der Waals surface area (Å²) in [4.78, 5) is 7.28. The molecule has 1 unspecified atom stereocenters. The molecule has 0 fully saturated rings. The quantitative estimate of drug-likeness (QED) is 0.451. The first-order valence-electron chi connectivity index (χ1n) is 9.15. The third-order valence-electron chi connectivity index (χ3n) is 4.46. The van der Waals surface area contributed by atoms with E-state index in [1.807, 2.05) is 6.07 Å². The standard InChI is InChI=1S/C19H23O2.3CH3.Sn/c1-19(21-3,17-11-5-4-6-12-17)14-8-10-16-9-7-13-18(15-16)20-2;;;;/h4-7,9,11-13,15H,3,8,10,14H2,1-2H3;3*1H3;. The second kappa shape index (κ2) is 9.09. The van der Waals surface area contributed by atoms with Gasteiger partial charge in [-0.3, -0.25) is 0 Å². The fourth-order valence-corrected chi connectivity index (χ4v) is 5.07. The number of benzene rings is 2. The van der Waals surface area contributed by atoms with Gasteiger partial charge in [-0.1, -0.05) is 0 Å². The average Bonchev–Trinajstić information content (AvgIpc) is 2.60. The number of hydrogen-bond acceptors (Lipinski definition) is 2. The summed E-state index contributed by atoms with van der Waals surface area (Å²) in [5, 5.41) is 0. The van der Waals surface area contributed by atoms with Gasteiger partial charge in [-0.2, -0.15) is 0 Å². The molecule has 0 aliphatic heterocycles. The van der Waals surface area contributed by atoms with Crippen molar-refractivity contribution in [3.63, 3.8) is 0 Å². The van der Waals surface area contributed by atoms with Crippen LogP contribution >= 0.6 is 0 Å². The molecule has 2 aromatic carbocycles. The van der Waals surface area contributed by atoms with Crippen LogP contribution in [0, 0.1) is 0 Å². The summed E-state index contributed by atoms with van der Waals surface area (Å²) in [6.07, 6.45) is 3.16. The van der Waals surface area contributed by atoms with E-state index in [-0.39, 0.29) is 5.60 Å². The molecule has 25 heavy (non-hydrogen) atoms. The van der Waals surface area contributed by atoms with Crippen LogP contribution in [0.2, 0.25) is 14.8 Å². The number of rotatable bonds is 9. The summed E-state index contributed by atoms with van der Waals surface area (Å²) in [5.74, 6) is 0.932. The van der Waals surface area contributed by atoms with Gasteiger partial charge < -0.3 is 0 Å². The SMILES string of the molecule is COc1cccc(CCCC(C)(O[CH2][Sn]([CH3])([CH3])[CH3])c2ccccc2)c1. The maximum atomic E-state index is 6.53. The van der Waals surface area contributed by atoms with Crippen LogP contribution < -0.4 is 4.74 Å². The molecule has 0 N–H and O–H groups in total. The van der Waals surface area contributed by atoms with Gasteiger partial charge in [0.25, 0.3) is 0 Å². The average molecular weight is 447 g/mol. The normalized spacial score (nSPS) is 14.1. The van der Waals surface area contributed by atoms with E-state index in [9.17, 15) is 0 Å². The van der Waals surface area contributed by atoms with E-state index in [0.29, 0.717) is 0 Å². The van der Waals surface area contributed by atoms with Crippen molar-refractivity contribution in [2.45, 2.75) is 46.6 Å². The second-order valence-corrected chi connectivity index (χ2v) is 23.6. The molecule has 0 saturated heterocycles. The molecule has 0 aromatic heterocycles. The first-order valence-corrected chi connectivity index (χ1v) is 19.7. The summed E-state index contributed by atoms with van der Waals surface area (Å²) >= 11 is -1.98. The minimum absolute atomic E-state index is 0.204. The van der Waals surface area contributed by atoms with Crippen molar-refractivity contribution in [3.05, 3.63) is 65.7 Å². The van der Waals surface area contributed by atoms with Gasteiger partial charge in [0.2, 0.25) is 0 Å². The third kappa shape index (κ3) is 6.67. The van der Waals surface area contributed by atoms with Crippen LogP contribution in [0.25, 0.3) is 0 Å². The molecule has 0 amide bonds. The first-order chi connectivity index (χ1) is 11.8. The van der Waals surface area contributed by atoms with Gasteiger partial charge in [0, 0.05) is 0 Å². The molecule has 0 saturated carbocycles. The molecule has 0 bridgehead atoms. The van der Waals surface area contributed by atoms with Crippen molar-refractivity contribution in [2.24, 2.45) is 0 Å². The zero-order valence-corrected chi connectivity index (χ0v) is 19.2. The van der Waals surface area contributed by atoms with Gasteiger partial charge in [-0.25, -0.2) is 0 Å². The van der Waals surface area contributed by atoms with Crippen LogP contribution in [0.4, 0.5) is 0 Å². The van der Waals surface area contributed by atoms with Gasteiger partial charge in [0.1, 0.15) is 0 Å². The summed E-state index contributed by atoms with van der Waals surface area (Å²) in [5.41, 5.74) is 2.41. The van der Waals surface area contributed by atoms with Crippen LogP contribution in [0.3, 0.4) is 0 Å². The Balaban J connectivity index is 2.05. The van der Waals surface area contributed by atoms with E-state index in [1.54, 1.807) is 7.11 Å². The Hall–Kier alpha value is -1.00. The topological polar surface area (TPSA) is 18.5 Å². The predicted octanol–water partition coefficient (Wildman–Crippen LogP) is 5.83. The molecular weight excluding hydrogens is 415 g/mol. The molecule has 0 spiro atoms. The Bertz CT molecular complexity index is 649. The summed E-state index contributed by atoms with van der Waals surface area (Å²) in [6, 6.07) is 19.1. The van der Waals surface area contributed by atoms with Crippen LogP contribution in [-0.4, -0.2) is 30.1 Å². The molecule has 136 valence electrons. The Morgan fingerprint density at radius 3 is 2.32 bits per heavy atom. The number of methoxy groups -OCH3 is 1. The van der Waals surface area contributed by atoms with Gasteiger partial charge in [-0.15, -0.1) is 0 Å². The Morgan fingerprint density at radius 1 is 0.960 bits per heavy atom. The van der Waals surface area contributed by atoms with E-state index in [4.69, 9.17) is 9.47 Å². The van der Waals surface area contributed by atoms with Crippen molar-refractivity contribution in [1.82, 2.24) is 0 Å². The molecule has 0 aliphatic carbocycles. The van der Waals surface area contributed by atoms with Crippen LogP contribution in [0.1, 0.15) is 30.9 Å². The zero-order valence-electron chi connectivity index (χ0n) is 16.3. The molecule has 0 heterocycles. The molecule has 3 heteroatoms. The van der Waals surface area contributed by atoms with Crippen LogP contribution in [0.15, 0.2) is 54.6 Å². The molecule has 2 rings (SSSR count). The van der Waals surface area contributed by atoms with E-state index in [1.165, 1.54) is 11.1 Å². The predicted molar refractivity (Wildman–Crippen MR) is 109 cm³/mol. The number of aryl methyl sites for hydroxylation is 1. The Morgan fingerprint density at radius 2 is 1.68 bits per heavy atom. The van der Waals surface area contributed by atoms with Crippen molar-refractivity contribution >= 4 is 18.4 Å². The minimum atomic E-state index is -1.98. The second-order valence-electron chi connectivity index (χ2n) is 8.15. The van der Waals surface area contributed by atoms with Crippen molar-refractivity contribution in [1.29, 1.82) is 0 Å². The summed E-state index contributed by atoms with van der Waals surface area (Å²) < 4.78 is 12.8. The van der Waals surface area contributed by atoms with Gasteiger partial charge in [0.15, 0.2) is 0 Å². The van der Waals surface area contributed by atoms with E-state index in [2.05, 4.69) is 70.3 Å². The maximum absolute atomic E-state index is 6.53. The van der Waals surface area contributed by atoms with Gasteiger partial charge in [-0.05, 0) is 0 Å². The van der Waals surface area contributed by atoms with E-state index >= 15 is 0 Å². The van der Waals surface area contributed by atoms with E-state index < -0.39 is 18.4 Å². The zero-order chi connectivity index (χ0) is 18.3. The van der Waals surface area contributed by atoms with Crippen molar-refractivity contribution in [3.8, 4) is 5.75 Å².